The minimum atomic E-state index is -0.345. The second-order valence-corrected chi connectivity index (χ2v) is 7.84. The maximum absolute atomic E-state index is 13.3. The van der Waals surface area contributed by atoms with Gasteiger partial charge in [-0.3, -0.25) is 9.59 Å². The van der Waals surface area contributed by atoms with Crippen LogP contribution in [0.2, 0.25) is 0 Å². The molecule has 2 unspecified atom stereocenters. The Hall–Kier alpha value is -3.28. The van der Waals surface area contributed by atoms with E-state index in [0.717, 1.165) is 22.6 Å². The molecule has 0 saturated carbocycles. The second kappa shape index (κ2) is 8.84. The molecule has 2 aromatic carbocycles. The molecule has 0 aromatic heterocycles. The van der Waals surface area contributed by atoms with Crippen LogP contribution in [0.3, 0.4) is 0 Å². The zero-order chi connectivity index (χ0) is 22.0. The van der Waals surface area contributed by atoms with E-state index in [0.29, 0.717) is 36.5 Å². The van der Waals surface area contributed by atoms with Crippen LogP contribution >= 0.6 is 0 Å². The van der Waals surface area contributed by atoms with Gasteiger partial charge >= 0.3 is 0 Å². The van der Waals surface area contributed by atoms with E-state index in [2.05, 4.69) is 5.32 Å². The molecule has 0 fully saturated rings. The van der Waals surface area contributed by atoms with E-state index in [9.17, 15) is 9.59 Å². The predicted octanol–water partition coefficient (Wildman–Crippen LogP) is 4.11. The Morgan fingerprint density at radius 1 is 0.935 bits per heavy atom. The van der Waals surface area contributed by atoms with Gasteiger partial charge in [-0.2, -0.15) is 0 Å². The van der Waals surface area contributed by atoms with Crippen molar-refractivity contribution in [1.29, 1.82) is 0 Å². The molecule has 0 saturated heterocycles. The van der Waals surface area contributed by atoms with Gasteiger partial charge in [-0.15, -0.1) is 0 Å². The molecule has 1 aliphatic heterocycles. The summed E-state index contributed by atoms with van der Waals surface area (Å²) in [5.74, 6) is 1.78. The van der Waals surface area contributed by atoms with Gasteiger partial charge in [-0.25, -0.2) is 0 Å². The van der Waals surface area contributed by atoms with E-state index >= 15 is 0 Å². The number of hydrogen-bond donors (Lipinski definition) is 1. The molecule has 4 rings (SSSR count). The third-order valence-corrected chi connectivity index (χ3v) is 6.01. The average Bonchev–Trinajstić information content (AvgIpc) is 2.78. The van der Waals surface area contributed by atoms with Crippen LogP contribution in [-0.2, 0) is 9.59 Å². The summed E-state index contributed by atoms with van der Waals surface area (Å²) in [7, 11) is 3.19. The summed E-state index contributed by atoms with van der Waals surface area (Å²) in [6.45, 7) is 2.56. The lowest BCUT2D eigenvalue weighted by atomic mass is 9.73. The van der Waals surface area contributed by atoms with E-state index < -0.39 is 0 Å². The lowest BCUT2D eigenvalue weighted by Crippen LogP contribution is -2.38. The van der Waals surface area contributed by atoms with E-state index in [-0.39, 0.29) is 29.9 Å². The third-order valence-electron chi connectivity index (χ3n) is 6.01. The summed E-state index contributed by atoms with van der Waals surface area (Å²) in [5, 5.41) is 2.97. The summed E-state index contributed by atoms with van der Waals surface area (Å²) in [4.78, 5) is 25.9. The molecule has 0 spiro atoms. The van der Waals surface area contributed by atoms with Crippen LogP contribution in [0.1, 0.15) is 49.1 Å². The lowest BCUT2D eigenvalue weighted by molar-refractivity contribution is -0.122. The van der Waals surface area contributed by atoms with Gasteiger partial charge in [0.15, 0.2) is 5.78 Å². The average molecular weight is 421 g/mol. The summed E-state index contributed by atoms with van der Waals surface area (Å²) in [6, 6.07) is 13.3. The van der Waals surface area contributed by atoms with Gasteiger partial charge in [-0.05, 0) is 55.2 Å². The molecule has 0 radical (unpaired) electrons. The molecule has 2 aliphatic rings. The Labute approximate surface area is 182 Å². The Morgan fingerprint density at radius 2 is 1.68 bits per heavy atom. The zero-order valence-electron chi connectivity index (χ0n) is 18.1. The monoisotopic (exact) mass is 421 g/mol. The van der Waals surface area contributed by atoms with Crippen molar-refractivity contribution in [1.82, 2.24) is 5.32 Å². The molecule has 1 amide bonds. The van der Waals surface area contributed by atoms with E-state index in [4.69, 9.17) is 14.2 Å². The Morgan fingerprint density at radius 3 is 2.35 bits per heavy atom. The first-order valence-electron chi connectivity index (χ1n) is 10.5. The molecular weight excluding hydrogens is 394 g/mol. The maximum Gasteiger partial charge on any atom is 0.225 e. The molecule has 1 heterocycles. The fourth-order valence-electron chi connectivity index (χ4n) is 4.58. The van der Waals surface area contributed by atoms with Crippen molar-refractivity contribution in [2.24, 2.45) is 0 Å². The molecule has 2 atom stereocenters. The highest BCUT2D eigenvalue weighted by Gasteiger charge is 2.39. The first-order valence-corrected chi connectivity index (χ1v) is 10.5. The highest BCUT2D eigenvalue weighted by Crippen LogP contribution is 2.45. The van der Waals surface area contributed by atoms with E-state index in [1.807, 2.05) is 49.4 Å². The van der Waals surface area contributed by atoms with Crippen molar-refractivity contribution >= 4 is 11.7 Å². The lowest BCUT2D eigenvalue weighted by Gasteiger charge is -2.35. The number of methoxy groups -OCH3 is 2. The summed E-state index contributed by atoms with van der Waals surface area (Å²) < 4.78 is 16.4. The second-order valence-electron chi connectivity index (χ2n) is 7.84. The van der Waals surface area contributed by atoms with Crippen LogP contribution in [0.4, 0.5) is 0 Å². The molecule has 0 bridgehead atoms. The van der Waals surface area contributed by atoms with Gasteiger partial charge in [0.2, 0.25) is 5.91 Å². The van der Waals surface area contributed by atoms with Crippen LogP contribution in [0.5, 0.6) is 17.2 Å². The number of amides is 1. The van der Waals surface area contributed by atoms with Gasteiger partial charge in [0.1, 0.15) is 17.2 Å². The quantitative estimate of drug-likeness (QED) is 0.760. The van der Waals surface area contributed by atoms with Crippen molar-refractivity contribution < 1.29 is 23.8 Å². The number of Topliss-reactive ketones (excluding diaryl/α,β-unsaturated/α-hetero) is 1. The molecule has 1 N–H and O–H groups in total. The van der Waals surface area contributed by atoms with Crippen LogP contribution in [-0.4, -0.2) is 32.5 Å². The highest BCUT2D eigenvalue weighted by atomic mass is 16.5. The van der Waals surface area contributed by atoms with Crippen LogP contribution < -0.4 is 19.5 Å². The van der Waals surface area contributed by atoms with Gasteiger partial charge < -0.3 is 19.5 Å². The fraction of sp³-hybridized carbons (Fsp3) is 0.360. The zero-order valence-corrected chi connectivity index (χ0v) is 18.1. The molecule has 1 aliphatic carbocycles. The molecule has 6 heteroatoms. The summed E-state index contributed by atoms with van der Waals surface area (Å²) in [5.41, 5.74) is 3.28. The first kappa shape index (κ1) is 21.0. The van der Waals surface area contributed by atoms with E-state index in [1.165, 1.54) is 0 Å². The minimum absolute atomic E-state index is 0.0215. The molecule has 162 valence electrons. The molecular formula is C25H27NO5. The highest BCUT2D eigenvalue weighted by molar-refractivity contribution is 6.02. The maximum atomic E-state index is 13.3. The SMILES string of the molecule is CCOc1ccc(C2CC(=O)C3=C(C2)NC(=O)CC3c2cc(OC)ccc2OC)cc1. The smallest absolute Gasteiger partial charge is 0.225 e. The normalized spacial score (nSPS) is 20.7. The number of allylic oxidation sites excluding steroid dienone is 2. The Kier molecular flexibility index (Phi) is 5.98. The number of rotatable bonds is 6. The first-order chi connectivity index (χ1) is 15.0. The fourth-order valence-corrected chi connectivity index (χ4v) is 4.58. The number of nitrogens with one attached hydrogen (secondary N) is 1. The number of benzene rings is 2. The van der Waals surface area contributed by atoms with Crippen molar-refractivity contribution in [2.75, 3.05) is 20.8 Å². The standard InChI is InChI=1S/C25H27NO5/c1-4-31-17-7-5-15(6-8-17)16-11-21-25(22(27)12-16)20(14-24(28)26-21)19-13-18(29-2)9-10-23(19)30-3/h5-10,13,16,20H,4,11-12,14H2,1-3H3,(H,26,28). The third kappa shape index (κ3) is 4.15. The van der Waals surface area contributed by atoms with Crippen LogP contribution in [0.25, 0.3) is 0 Å². The molecule has 6 nitrogen and oxygen atoms in total. The van der Waals surface area contributed by atoms with E-state index in [1.54, 1.807) is 14.2 Å². The van der Waals surface area contributed by atoms with Gasteiger partial charge in [-0.1, -0.05) is 12.1 Å². The molecule has 31 heavy (non-hydrogen) atoms. The van der Waals surface area contributed by atoms with Gasteiger partial charge in [0, 0.05) is 35.6 Å². The summed E-state index contributed by atoms with van der Waals surface area (Å²) >= 11 is 0. The summed E-state index contributed by atoms with van der Waals surface area (Å²) in [6.07, 6.45) is 1.23. The Balaban J connectivity index is 1.69. The Bertz CT molecular complexity index is 1020. The molecule has 2 aromatic rings. The number of carbonyl (C=O) groups excluding carboxylic acids is 2. The van der Waals surface area contributed by atoms with Crippen molar-refractivity contribution in [3.63, 3.8) is 0 Å². The van der Waals surface area contributed by atoms with Gasteiger partial charge in [0.25, 0.3) is 0 Å². The van der Waals surface area contributed by atoms with Crippen molar-refractivity contribution in [3.05, 3.63) is 64.9 Å². The number of carbonyl (C=O) groups is 2. The number of ketones is 1. The number of ether oxygens (including phenoxy) is 3. The largest absolute Gasteiger partial charge is 0.497 e. The van der Waals surface area contributed by atoms with Crippen molar-refractivity contribution in [2.45, 2.75) is 38.0 Å². The van der Waals surface area contributed by atoms with Gasteiger partial charge in [0.05, 0.1) is 20.8 Å². The topological polar surface area (TPSA) is 73.9 Å². The predicted molar refractivity (Wildman–Crippen MR) is 117 cm³/mol. The van der Waals surface area contributed by atoms with Crippen LogP contribution in [0, 0.1) is 0 Å². The van der Waals surface area contributed by atoms with Crippen molar-refractivity contribution in [3.8, 4) is 17.2 Å². The van der Waals surface area contributed by atoms with Crippen LogP contribution in [0.15, 0.2) is 53.7 Å². The number of hydrogen-bond acceptors (Lipinski definition) is 5. The minimum Gasteiger partial charge on any atom is -0.497 e.